The Balaban J connectivity index is 2.02. The van der Waals surface area contributed by atoms with Gasteiger partial charge in [-0.1, -0.05) is 56.2 Å². The van der Waals surface area contributed by atoms with Crippen LogP contribution in [0, 0.1) is 0 Å². The number of hydrogen-bond acceptors (Lipinski definition) is 1. The number of pyridine rings is 1. The van der Waals surface area contributed by atoms with Crippen molar-refractivity contribution in [1.29, 1.82) is 0 Å². The van der Waals surface area contributed by atoms with Crippen molar-refractivity contribution < 1.29 is 0 Å². The molecule has 0 saturated carbocycles. The molecule has 0 amide bonds. The Hall–Kier alpha value is -1.89. The van der Waals surface area contributed by atoms with Crippen LogP contribution in [0.25, 0.3) is 21.7 Å². The molecular formula is C18H19N. The van der Waals surface area contributed by atoms with Gasteiger partial charge in [-0.2, -0.15) is 0 Å². The van der Waals surface area contributed by atoms with Crippen LogP contribution in [0.4, 0.5) is 0 Å². The number of aromatic nitrogens is 1. The molecule has 3 aromatic rings. The van der Waals surface area contributed by atoms with E-state index in [2.05, 4.69) is 54.4 Å². The van der Waals surface area contributed by atoms with Gasteiger partial charge in [-0.25, -0.2) is 0 Å². The van der Waals surface area contributed by atoms with Gasteiger partial charge in [0.2, 0.25) is 0 Å². The molecule has 0 aliphatic heterocycles. The molecule has 0 aliphatic carbocycles. The Morgan fingerprint density at radius 1 is 0.947 bits per heavy atom. The predicted octanol–water partition coefficient (Wildman–Crippen LogP) is 5.12. The molecule has 0 unspecified atom stereocenters. The molecule has 2 aromatic carbocycles. The Morgan fingerprint density at radius 2 is 1.84 bits per heavy atom. The zero-order chi connectivity index (χ0) is 13.1. The minimum absolute atomic E-state index is 1.12. The minimum Gasteiger partial charge on any atom is -0.256 e. The van der Waals surface area contributed by atoms with Crippen molar-refractivity contribution in [3.8, 4) is 0 Å². The van der Waals surface area contributed by atoms with Gasteiger partial charge < -0.3 is 0 Å². The number of aryl methyl sites for hydroxylation is 1. The molecule has 0 bridgehead atoms. The largest absolute Gasteiger partial charge is 0.256 e. The first-order valence-electron chi connectivity index (χ1n) is 7.15. The van der Waals surface area contributed by atoms with Crippen LogP contribution >= 0.6 is 0 Å². The van der Waals surface area contributed by atoms with Gasteiger partial charge in [0.15, 0.2) is 0 Å². The van der Waals surface area contributed by atoms with Crippen LogP contribution in [0.2, 0.25) is 0 Å². The first-order chi connectivity index (χ1) is 9.38. The Kier molecular flexibility index (Phi) is 3.45. The fourth-order valence-electron chi connectivity index (χ4n) is 2.64. The van der Waals surface area contributed by atoms with E-state index in [-0.39, 0.29) is 0 Å². The van der Waals surface area contributed by atoms with Crippen LogP contribution in [-0.2, 0) is 6.42 Å². The molecule has 1 aromatic heterocycles. The molecular weight excluding hydrogens is 230 g/mol. The van der Waals surface area contributed by atoms with E-state index in [9.17, 15) is 0 Å². The van der Waals surface area contributed by atoms with E-state index in [1.807, 2.05) is 6.20 Å². The monoisotopic (exact) mass is 249 g/mol. The number of nitrogens with zero attached hydrogens (tertiary/aromatic N) is 1. The quantitative estimate of drug-likeness (QED) is 0.462. The third kappa shape index (κ3) is 2.46. The molecule has 1 heteroatoms. The molecule has 0 N–H and O–H groups in total. The molecule has 0 aliphatic rings. The van der Waals surface area contributed by atoms with Crippen LogP contribution in [0.1, 0.15) is 31.7 Å². The van der Waals surface area contributed by atoms with E-state index in [1.54, 1.807) is 0 Å². The minimum atomic E-state index is 1.12. The maximum Gasteiger partial charge on any atom is 0.0711 e. The topological polar surface area (TPSA) is 12.9 Å². The maximum absolute atomic E-state index is 4.60. The van der Waals surface area contributed by atoms with E-state index >= 15 is 0 Å². The first kappa shape index (κ1) is 12.2. The third-order valence-electron chi connectivity index (χ3n) is 3.72. The lowest BCUT2D eigenvalue weighted by atomic mass is 10.0. The summed E-state index contributed by atoms with van der Waals surface area (Å²) in [7, 11) is 0. The van der Waals surface area contributed by atoms with E-state index < -0.39 is 0 Å². The molecule has 96 valence electrons. The molecule has 1 heterocycles. The molecule has 0 spiro atoms. The normalized spacial score (nSPS) is 11.2. The summed E-state index contributed by atoms with van der Waals surface area (Å²) in [6, 6.07) is 15.2. The smallest absolute Gasteiger partial charge is 0.0711 e. The molecule has 19 heavy (non-hydrogen) atoms. The summed E-state index contributed by atoms with van der Waals surface area (Å²) < 4.78 is 0. The first-order valence-corrected chi connectivity index (χ1v) is 7.15. The van der Waals surface area contributed by atoms with Crippen LogP contribution in [0.3, 0.4) is 0 Å². The van der Waals surface area contributed by atoms with Crippen LogP contribution < -0.4 is 0 Å². The van der Waals surface area contributed by atoms with E-state index in [0.29, 0.717) is 0 Å². The highest BCUT2D eigenvalue weighted by Crippen LogP contribution is 2.24. The zero-order valence-electron chi connectivity index (χ0n) is 11.4. The maximum atomic E-state index is 4.60. The molecule has 3 rings (SSSR count). The van der Waals surface area contributed by atoms with Crippen molar-refractivity contribution in [2.24, 2.45) is 0 Å². The van der Waals surface area contributed by atoms with Crippen molar-refractivity contribution >= 4 is 21.7 Å². The Bertz CT molecular complexity index is 700. The lowest BCUT2D eigenvalue weighted by Crippen LogP contribution is -1.88. The summed E-state index contributed by atoms with van der Waals surface area (Å²) in [6.07, 6.45) is 7.00. The van der Waals surface area contributed by atoms with Gasteiger partial charge in [0.1, 0.15) is 0 Å². The fraction of sp³-hybridized carbons (Fsp3) is 0.278. The van der Waals surface area contributed by atoms with Crippen LogP contribution in [0.5, 0.6) is 0 Å². The number of benzene rings is 2. The van der Waals surface area contributed by atoms with E-state index in [0.717, 1.165) is 11.9 Å². The summed E-state index contributed by atoms with van der Waals surface area (Å²) in [5.41, 5.74) is 2.52. The zero-order valence-corrected chi connectivity index (χ0v) is 11.4. The summed E-state index contributed by atoms with van der Waals surface area (Å²) >= 11 is 0. The molecule has 0 radical (unpaired) electrons. The third-order valence-corrected chi connectivity index (χ3v) is 3.72. The lowest BCUT2D eigenvalue weighted by molar-refractivity contribution is 0.718. The van der Waals surface area contributed by atoms with Gasteiger partial charge in [-0.15, -0.1) is 0 Å². The highest BCUT2D eigenvalue weighted by molar-refractivity contribution is 6.05. The number of hydrogen-bond donors (Lipinski definition) is 0. The summed E-state index contributed by atoms with van der Waals surface area (Å²) in [5, 5.41) is 3.78. The molecule has 0 saturated heterocycles. The molecule has 1 nitrogen and oxygen atoms in total. The van der Waals surface area contributed by atoms with Crippen molar-refractivity contribution in [1.82, 2.24) is 4.98 Å². The average Bonchev–Trinajstić information content (AvgIpc) is 2.47. The van der Waals surface area contributed by atoms with Gasteiger partial charge in [-0.3, -0.25) is 4.98 Å². The van der Waals surface area contributed by atoms with Gasteiger partial charge in [-0.05, 0) is 29.9 Å². The lowest BCUT2D eigenvalue weighted by Gasteiger charge is -2.06. The summed E-state index contributed by atoms with van der Waals surface area (Å²) in [6.45, 7) is 2.24. The number of rotatable bonds is 4. The van der Waals surface area contributed by atoms with Gasteiger partial charge in [0, 0.05) is 17.0 Å². The van der Waals surface area contributed by atoms with Gasteiger partial charge >= 0.3 is 0 Å². The van der Waals surface area contributed by atoms with Crippen molar-refractivity contribution in [3.05, 3.63) is 54.2 Å². The average molecular weight is 249 g/mol. The van der Waals surface area contributed by atoms with Crippen molar-refractivity contribution in [2.75, 3.05) is 0 Å². The fourth-order valence-corrected chi connectivity index (χ4v) is 2.64. The summed E-state index contributed by atoms with van der Waals surface area (Å²) in [5.74, 6) is 0. The summed E-state index contributed by atoms with van der Waals surface area (Å²) in [4.78, 5) is 4.60. The standard InChI is InChI=1S/C18H19N/c1-2-3-4-7-14-10-11-17-16-9-6-5-8-15(16)13-19-18(17)12-14/h5-6,8-13H,2-4,7H2,1H3. The second kappa shape index (κ2) is 5.40. The molecule has 0 atom stereocenters. The highest BCUT2D eigenvalue weighted by atomic mass is 14.6. The van der Waals surface area contributed by atoms with Crippen LogP contribution in [-0.4, -0.2) is 4.98 Å². The Morgan fingerprint density at radius 3 is 2.74 bits per heavy atom. The highest BCUT2D eigenvalue weighted by Gasteiger charge is 2.02. The Labute approximate surface area is 114 Å². The predicted molar refractivity (Wildman–Crippen MR) is 82.5 cm³/mol. The van der Waals surface area contributed by atoms with E-state index in [1.165, 1.54) is 41.0 Å². The second-order valence-corrected chi connectivity index (χ2v) is 5.15. The SMILES string of the molecule is CCCCCc1ccc2c(c1)ncc1ccccc12. The second-order valence-electron chi connectivity index (χ2n) is 5.15. The van der Waals surface area contributed by atoms with Gasteiger partial charge in [0.05, 0.1) is 5.52 Å². The van der Waals surface area contributed by atoms with Gasteiger partial charge in [0.25, 0.3) is 0 Å². The van der Waals surface area contributed by atoms with Crippen molar-refractivity contribution in [2.45, 2.75) is 32.6 Å². The van der Waals surface area contributed by atoms with E-state index in [4.69, 9.17) is 0 Å². The number of unbranched alkanes of at least 4 members (excludes halogenated alkanes) is 2. The number of fused-ring (bicyclic) bond motifs is 3. The van der Waals surface area contributed by atoms with Crippen molar-refractivity contribution in [3.63, 3.8) is 0 Å². The molecule has 0 fully saturated rings. The van der Waals surface area contributed by atoms with Crippen LogP contribution in [0.15, 0.2) is 48.7 Å².